The maximum Gasteiger partial charge on any atom is 0.397 e. The van der Waals surface area contributed by atoms with Gasteiger partial charge in [-0.25, -0.2) is 4.98 Å². The number of aryl methyl sites for hydroxylation is 1. The summed E-state index contributed by atoms with van der Waals surface area (Å²) < 4.78 is 43.0. The Morgan fingerprint density at radius 3 is 2.76 bits per heavy atom. The van der Waals surface area contributed by atoms with E-state index in [1.54, 1.807) is 13.1 Å². The van der Waals surface area contributed by atoms with Gasteiger partial charge in [-0.05, 0) is 49.7 Å². The lowest BCUT2D eigenvalue weighted by Crippen LogP contribution is -2.53. The molecule has 3 aromatic heterocycles. The Morgan fingerprint density at radius 2 is 2.03 bits per heavy atom. The van der Waals surface area contributed by atoms with E-state index in [2.05, 4.69) is 30.0 Å². The van der Waals surface area contributed by atoms with E-state index < -0.39 is 18.5 Å². The predicted octanol–water partition coefficient (Wildman–Crippen LogP) is 3.89. The molecule has 1 N–H and O–H groups in total. The van der Waals surface area contributed by atoms with Gasteiger partial charge in [0.05, 0.1) is 11.0 Å². The number of aromatic nitrogens is 5. The number of amides is 1. The minimum atomic E-state index is -4.49. The molecule has 1 fully saturated rings. The van der Waals surface area contributed by atoms with Crippen molar-refractivity contribution in [2.75, 3.05) is 19.6 Å². The zero-order valence-electron chi connectivity index (χ0n) is 20.4. The molecule has 1 aromatic carbocycles. The summed E-state index contributed by atoms with van der Waals surface area (Å²) in [5.41, 5.74) is 4.36. The highest BCUT2D eigenvalue weighted by molar-refractivity contribution is 5.80. The van der Waals surface area contributed by atoms with Gasteiger partial charge in [0.25, 0.3) is 5.89 Å². The van der Waals surface area contributed by atoms with E-state index in [4.69, 9.17) is 4.52 Å². The van der Waals surface area contributed by atoms with Crippen molar-refractivity contribution in [3.05, 3.63) is 59.4 Å². The molecule has 12 heteroatoms. The second-order valence-electron chi connectivity index (χ2n) is 9.35. The molecule has 5 rings (SSSR count). The van der Waals surface area contributed by atoms with Crippen LogP contribution >= 0.6 is 0 Å². The summed E-state index contributed by atoms with van der Waals surface area (Å²) in [6.45, 7) is 5.37. The largest absolute Gasteiger partial charge is 0.397 e. The monoisotopic (exact) mass is 513 g/mol. The Kier molecular flexibility index (Phi) is 6.67. The maximum atomic E-state index is 12.6. The molecule has 1 aliphatic rings. The number of pyridine rings is 1. The molecule has 0 saturated carbocycles. The molecule has 1 saturated heterocycles. The van der Waals surface area contributed by atoms with Crippen LogP contribution in [0.4, 0.5) is 13.2 Å². The smallest absolute Gasteiger partial charge is 0.342 e. The van der Waals surface area contributed by atoms with E-state index in [-0.39, 0.29) is 19.1 Å². The first-order valence-electron chi connectivity index (χ1n) is 11.9. The molecule has 4 heterocycles. The number of fused-ring (bicyclic) bond motifs is 1. The summed E-state index contributed by atoms with van der Waals surface area (Å²) in [6, 6.07) is 9.57. The molecule has 1 atom stereocenters. The molecule has 194 valence electrons. The maximum absolute atomic E-state index is 12.6. The zero-order chi connectivity index (χ0) is 26.2. The molecule has 9 nitrogen and oxygen atoms in total. The number of nitrogens with one attached hydrogen (secondary N) is 1. The third kappa shape index (κ3) is 5.96. The van der Waals surface area contributed by atoms with Gasteiger partial charge < -0.3 is 14.4 Å². The quantitative estimate of drug-likeness (QED) is 0.417. The van der Waals surface area contributed by atoms with Crippen LogP contribution in [0.1, 0.15) is 36.3 Å². The molecule has 0 bridgehead atoms. The molecule has 1 amide bonds. The highest BCUT2D eigenvalue weighted by Gasteiger charge is 2.35. The van der Waals surface area contributed by atoms with Crippen molar-refractivity contribution < 1.29 is 22.5 Å². The fourth-order valence-corrected chi connectivity index (χ4v) is 4.56. The van der Waals surface area contributed by atoms with Gasteiger partial charge in [0, 0.05) is 56.1 Å². The Labute approximate surface area is 210 Å². The number of halogens is 3. The zero-order valence-corrected chi connectivity index (χ0v) is 20.4. The number of hydrogen-bond donors (Lipinski definition) is 1. The average molecular weight is 514 g/mol. The number of piperazine rings is 1. The number of aromatic amines is 1. The van der Waals surface area contributed by atoms with Gasteiger partial charge in [-0.2, -0.15) is 18.2 Å². The van der Waals surface area contributed by atoms with Crippen LogP contribution in [-0.2, 0) is 17.8 Å². The van der Waals surface area contributed by atoms with Crippen LogP contribution in [0.3, 0.4) is 0 Å². The fraction of sp³-hybridized carbons (Fsp3) is 0.400. The molecule has 0 spiro atoms. The molecule has 0 radical (unpaired) electrons. The third-order valence-corrected chi connectivity index (χ3v) is 6.39. The van der Waals surface area contributed by atoms with Crippen LogP contribution in [0.25, 0.3) is 22.5 Å². The lowest BCUT2D eigenvalue weighted by atomic mass is 10.1. The first-order valence-corrected chi connectivity index (χ1v) is 11.9. The second kappa shape index (κ2) is 9.92. The van der Waals surface area contributed by atoms with Gasteiger partial charge in [-0.1, -0.05) is 5.16 Å². The van der Waals surface area contributed by atoms with Crippen LogP contribution in [0.2, 0.25) is 0 Å². The molecule has 37 heavy (non-hydrogen) atoms. The van der Waals surface area contributed by atoms with Crippen LogP contribution in [0.15, 0.2) is 41.1 Å². The predicted molar refractivity (Wildman–Crippen MR) is 128 cm³/mol. The minimum Gasteiger partial charge on any atom is -0.342 e. The van der Waals surface area contributed by atoms with Crippen molar-refractivity contribution in [1.82, 2.24) is 34.9 Å². The Morgan fingerprint density at radius 1 is 1.19 bits per heavy atom. The van der Waals surface area contributed by atoms with Gasteiger partial charge in [0.1, 0.15) is 12.2 Å². The summed E-state index contributed by atoms with van der Waals surface area (Å²) in [6.07, 6.45) is -3.64. The number of alkyl halides is 3. The van der Waals surface area contributed by atoms with Crippen LogP contribution in [0, 0.1) is 6.92 Å². The Balaban J connectivity index is 1.23. The molecule has 0 aliphatic carbocycles. The highest BCUT2D eigenvalue weighted by Crippen LogP contribution is 2.24. The van der Waals surface area contributed by atoms with E-state index in [0.717, 1.165) is 33.7 Å². The van der Waals surface area contributed by atoms with Gasteiger partial charge in [-0.3, -0.25) is 14.7 Å². The average Bonchev–Trinajstić information content (AvgIpc) is 3.44. The van der Waals surface area contributed by atoms with E-state index >= 15 is 0 Å². The topological polar surface area (TPSA) is 104 Å². The second-order valence-corrected chi connectivity index (χ2v) is 9.35. The first-order chi connectivity index (χ1) is 17.6. The van der Waals surface area contributed by atoms with Gasteiger partial charge in [-0.15, -0.1) is 0 Å². The third-order valence-electron chi connectivity index (χ3n) is 6.39. The number of carbonyl (C=O) groups excluding carboxylic acids is 1. The summed E-state index contributed by atoms with van der Waals surface area (Å²) in [5.74, 6) is 0.918. The number of benzene rings is 1. The molecular formula is C25H26F3N7O2. The highest BCUT2D eigenvalue weighted by atomic mass is 19.4. The van der Waals surface area contributed by atoms with Crippen molar-refractivity contribution in [3.8, 4) is 11.5 Å². The number of nitrogens with zero attached hydrogens (tertiary/aromatic N) is 6. The van der Waals surface area contributed by atoms with Gasteiger partial charge in [0.2, 0.25) is 5.91 Å². The minimum absolute atomic E-state index is 0.0604. The van der Waals surface area contributed by atoms with Crippen molar-refractivity contribution in [2.24, 2.45) is 0 Å². The summed E-state index contributed by atoms with van der Waals surface area (Å²) in [7, 11) is 0. The number of hydrogen-bond acceptors (Lipinski definition) is 7. The van der Waals surface area contributed by atoms with Crippen LogP contribution < -0.4 is 0 Å². The lowest BCUT2D eigenvalue weighted by molar-refractivity contribution is -0.163. The summed E-state index contributed by atoms with van der Waals surface area (Å²) in [4.78, 5) is 32.2. The first kappa shape index (κ1) is 24.9. The molecule has 0 unspecified atom stereocenters. The van der Waals surface area contributed by atoms with Crippen LogP contribution in [-0.4, -0.2) is 72.7 Å². The lowest BCUT2D eigenvalue weighted by Gasteiger charge is -2.40. The Hall–Kier alpha value is -3.80. The number of H-pyrrole nitrogens is 1. The van der Waals surface area contributed by atoms with Crippen molar-refractivity contribution >= 4 is 16.9 Å². The molecule has 4 aromatic rings. The summed E-state index contributed by atoms with van der Waals surface area (Å²) >= 11 is 0. The molecule has 1 aliphatic heterocycles. The van der Waals surface area contributed by atoms with E-state index in [0.29, 0.717) is 31.2 Å². The van der Waals surface area contributed by atoms with E-state index in [1.165, 1.54) is 4.90 Å². The van der Waals surface area contributed by atoms with Gasteiger partial charge in [0.15, 0.2) is 5.82 Å². The normalized spacial score (nSPS) is 17.0. The Bertz CT molecular complexity index is 1410. The number of imidazole rings is 1. The van der Waals surface area contributed by atoms with Crippen LogP contribution in [0.5, 0.6) is 0 Å². The summed E-state index contributed by atoms with van der Waals surface area (Å²) in [5, 5.41) is 3.83. The number of carbonyl (C=O) groups is 1. The van der Waals surface area contributed by atoms with Gasteiger partial charge >= 0.3 is 6.18 Å². The van der Waals surface area contributed by atoms with Crippen molar-refractivity contribution in [1.29, 1.82) is 0 Å². The SMILES string of the molecule is Cc1noc(-c2ccc3nc(Cc4cc(CN5CCN(C(=O)CC(F)(F)F)C[C@H]5C)ccn4)[nH]c3c2)n1. The molecular weight excluding hydrogens is 487 g/mol. The van der Waals surface area contributed by atoms with E-state index in [1.807, 2.05) is 37.3 Å². The van der Waals surface area contributed by atoms with Crippen molar-refractivity contribution in [2.45, 2.75) is 45.5 Å². The van der Waals surface area contributed by atoms with E-state index in [9.17, 15) is 18.0 Å². The standard InChI is InChI=1S/C25H26F3N7O2/c1-15-13-35(23(36)12-25(26,27)28)8-7-34(15)14-17-5-6-29-19(9-17)11-22-31-20-4-3-18(10-21(20)32-22)24-30-16(2)33-37-24/h3-6,9-10,15H,7-8,11-14H2,1-2H3,(H,31,32)/t15-/m1/s1. The number of rotatable bonds is 6. The van der Waals surface area contributed by atoms with Crippen molar-refractivity contribution in [3.63, 3.8) is 0 Å². The fourth-order valence-electron chi connectivity index (χ4n) is 4.56.